The molecule has 10 heterocycles. The lowest BCUT2D eigenvalue weighted by molar-refractivity contribution is 0.237. The summed E-state index contributed by atoms with van der Waals surface area (Å²) in [7, 11) is 0. The van der Waals surface area contributed by atoms with E-state index < -0.39 is 0 Å². The average molecular weight is 1460 g/mol. The summed E-state index contributed by atoms with van der Waals surface area (Å²) < 4.78 is 36.7. The Morgan fingerprint density at radius 1 is 0.318 bits per heavy atom. The van der Waals surface area contributed by atoms with E-state index in [4.69, 9.17) is 34.5 Å². The van der Waals surface area contributed by atoms with Gasteiger partial charge in [-0.15, -0.1) is 15.3 Å². The molecule has 7 aromatic heterocycles. The Hall–Kier alpha value is -12.6. The van der Waals surface area contributed by atoms with Crippen molar-refractivity contribution in [2.75, 3.05) is 94.7 Å². The van der Waals surface area contributed by atoms with Crippen molar-refractivity contribution in [1.29, 1.82) is 0 Å². The van der Waals surface area contributed by atoms with Crippen molar-refractivity contribution in [2.45, 2.75) is 45.4 Å². The maximum Gasteiger partial charge on any atom is 0.247 e. The van der Waals surface area contributed by atoms with Crippen LogP contribution in [0, 0.1) is 12.7 Å². The number of aromatic nitrogens is 10. The normalized spacial score (nSPS) is 13.8. The Kier molecular flexibility index (Phi) is 22.5. The predicted octanol–water partition coefficient (Wildman–Crippen LogP) is 18.7. The van der Waals surface area contributed by atoms with Crippen LogP contribution >= 0.6 is 0 Å². The van der Waals surface area contributed by atoms with Gasteiger partial charge in [0.1, 0.15) is 42.9 Å². The minimum atomic E-state index is -0.244. The second-order valence-electron chi connectivity index (χ2n) is 27.8. The lowest BCUT2D eigenvalue weighted by Crippen LogP contribution is -2.25. The van der Waals surface area contributed by atoms with Gasteiger partial charge in [-0.3, -0.25) is 19.7 Å². The highest BCUT2D eigenvalue weighted by atomic mass is 19.1. The zero-order valence-electron chi connectivity index (χ0n) is 61.6. The highest BCUT2D eigenvalue weighted by Gasteiger charge is 2.18. The molecule has 0 aliphatic carbocycles. The molecule has 3 aliphatic heterocycles. The highest BCUT2D eigenvalue weighted by Crippen LogP contribution is 2.33. The Bertz CT molecular complexity index is 5280. The fourth-order valence-corrected chi connectivity index (χ4v) is 14.2. The monoisotopic (exact) mass is 1460 g/mol. The third-order valence-corrected chi connectivity index (χ3v) is 20.1. The number of hydrogen-bond acceptors (Lipinski definition) is 16. The molecule has 3 fully saturated rings. The van der Waals surface area contributed by atoms with Gasteiger partial charge >= 0.3 is 0 Å². The number of halogens is 1. The third kappa shape index (κ3) is 18.1. The molecule has 0 amide bonds. The number of likely N-dealkylation sites (tertiary alicyclic amines) is 3. The Morgan fingerprint density at radius 3 is 0.955 bits per heavy atom. The molecule has 3 saturated heterocycles. The van der Waals surface area contributed by atoms with E-state index >= 15 is 0 Å². The molecule has 0 bridgehead atoms. The van der Waals surface area contributed by atoms with Crippen LogP contribution in [0.25, 0.3) is 84.1 Å². The summed E-state index contributed by atoms with van der Waals surface area (Å²) in [6.07, 6.45) is 11.4. The van der Waals surface area contributed by atoms with Gasteiger partial charge in [0.2, 0.25) is 17.8 Å². The molecule has 0 spiro atoms. The van der Waals surface area contributed by atoms with Crippen molar-refractivity contribution < 1.29 is 18.6 Å². The molecule has 3 N–H and O–H groups in total. The summed E-state index contributed by atoms with van der Waals surface area (Å²) in [5.41, 5.74) is 19.0. The summed E-state index contributed by atoms with van der Waals surface area (Å²) in [6.45, 7) is 14.3. The molecular weight excluding hydrogens is 1370 g/mol. The molecule has 0 unspecified atom stereocenters. The van der Waals surface area contributed by atoms with Gasteiger partial charge in [-0.1, -0.05) is 115 Å². The van der Waals surface area contributed by atoms with Gasteiger partial charge in [0.15, 0.2) is 16.9 Å². The Balaban J connectivity index is 0.000000125. The molecule has 8 aromatic carbocycles. The summed E-state index contributed by atoms with van der Waals surface area (Å²) in [5, 5.41) is 24.2. The van der Waals surface area contributed by atoms with Crippen molar-refractivity contribution in [1.82, 2.24) is 63.5 Å². The van der Waals surface area contributed by atoms with Gasteiger partial charge in [-0.2, -0.15) is 15.0 Å². The molecule has 0 radical (unpaired) electrons. The first-order valence-electron chi connectivity index (χ1n) is 38.0. The van der Waals surface area contributed by atoms with Crippen LogP contribution in [-0.4, -0.2) is 142 Å². The van der Waals surface area contributed by atoms with E-state index in [1.165, 1.54) is 107 Å². The van der Waals surface area contributed by atoms with E-state index in [1.807, 2.05) is 172 Å². The minimum absolute atomic E-state index is 0.244. The van der Waals surface area contributed by atoms with E-state index in [9.17, 15) is 4.39 Å². The Labute approximate surface area is 639 Å². The van der Waals surface area contributed by atoms with Gasteiger partial charge in [0.25, 0.3) is 0 Å². The number of pyridine rings is 4. The maximum absolute atomic E-state index is 13.4. The van der Waals surface area contributed by atoms with Crippen molar-refractivity contribution in [3.05, 3.63) is 285 Å². The smallest absolute Gasteiger partial charge is 0.247 e. The maximum atomic E-state index is 13.4. The number of nitrogens with zero attached hydrogens (tertiary/aromatic N) is 13. The largest absolute Gasteiger partial charge is 0.492 e. The lowest BCUT2D eigenvalue weighted by atomic mass is 10.0. The Morgan fingerprint density at radius 2 is 0.618 bits per heavy atom. The van der Waals surface area contributed by atoms with Crippen molar-refractivity contribution >= 4 is 51.8 Å². The van der Waals surface area contributed by atoms with Crippen LogP contribution in [0.3, 0.4) is 0 Å². The number of nitrogens with one attached hydrogen (secondary N) is 3. The predicted molar refractivity (Wildman–Crippen MR) is 437 cm³/mol. The van der Waals surface area contributed by atoms with Crippen LogP contribution in [0.2, 0.25) is 0 Å². The van der Waals surface area contributed by atoms with E-state index in [1.54, 1.807) is 12.1 Å². The van der Waals surface area contributed by atoms with Crippen molar-refractivity contribution in [3.8, 4) is 84.4 Å². The number of benzene rings is 8. The fourth-order valence-electron chi connectivity index (χ4n) is 14.2. The summed E-state index contributed by atoms with van der Waals surface area (Å²) in [4.78, 5) is 25.5. The second-order valence-corrected chi connectivity index (χ2v) is 27.8. The quantitative estimate of drug-likeness (QED) is 0.0520. The number of hydrogen-bond donors (Lipinski definition) is 3. The second kappa shape index (κ2) is 34.5. The first-order valence-corrected chi connectivity index (χ1v) is 38.0. The van der Waals surface area contributed by atoms with Gasteiger partial charge in [0, 0.05) is 65.8 Å². The number of rotatable bonds is 24. The summed E-state index contributed by atoms with van der Waals surface area (Å²) >= 11 is 0. The molecule has 18 rings (SSSR count). The SMILES string of the molecule is Cc1ccc(-c2cccc(-c3cccc4nc(Nc5ccc(OCCN6CCCC6)cc5)nn34)c2)cc1.Fc1ccc(-c2cccc(-c3cccc4nc(Nc5ccc(OCCN6CCCC6)cc5)nn34)c2)cc1.c1cc(-c2ccncc2)cc(-c2cccc3nc(Nc4ccc(OCCN5CCCC5)cc4)nn23)c1. The van der Waals surface area contributed by atoms with Crippen LogP contribution in [0.15, 0.2) is 273 Å². The molecule has 19 nitrogen and oxygen atoms in total. The zero-order chi connectivity index (χ0) is 74.2. The van der Waals surface area contributed by atoms with Gasteiger partial charge < -0.3 is 30.2 Å². The molecule has 110 heavy (non-hydrogen) atoms. The highest BCUT2D eigenvalue weighted by molar-refractivity contribution is 5.76. The molecule has 552 valence electrons. The molecule has 0 saturated carbocycles. The lowest BCUT2D eigenvalue weighted by Gasteiger charge is -2.15. The molecule has 15 aromatic rings. The van der Waals surface area contributed by atoms with Crippen molar-refractivity contribution in [2.24, 2.45) is 0 Å². The van der Waals surface area contributed by atoms with E-state index in [0.29, 0.717) is 37.7 Å². The molecule has 0 atom stereocenters. The summed E-state index contributed by atoms with van der Waals surface area (Å²) in [5.74, 6) is 4.00. The first kappa shape index (κ1) is 71.6. The molecular formula is C90H87FN16O3. The van der Waals surface area contributed by atoms with E-state index in [2.05, 4.69) is 144 Å². The standard InChI is InChI=1S/C31H31N5O.C30H28FN5O.C29H28N6O/c1-23-10-12-24(13-11-23)25-6-4-7-26(22-25)29-8-5-9-30-33-31(34-36(29)30)32-27-14-16-28(17-15-27)37-21-20-35-18-2-3-19-35;31-25-11-9-22(10-12-25)23-5-3-6-24(21-23)28-7-4-8-29-33-30(34-36(28)29)32-26-13-15-27(16-14-26)37-20-19-35-17-1-2-18-35;1-2-18-34(17-1)19-20-36-26-11-9-25(10-12-26)31-29-32-28-8-4-7-27(35(28)33-29)24-6-3-5-23(21-24)22-13-15-30-16-14-22/h4-17,22H,2-3,18-21H2,1H3,(H,32,34);3-16,21H,1-2,17-20H2,(H,32,34);3-16,21H,1-2,17-20H2,(H,31,33). The van der Waals surface area contributed by atoms with Crippen LogP contribution < -0.4 is 30.2 Å². The number of aryl methyl sites for hydroxylation is 1. The van der Waals surface area contributed by atoms with E-state index in [0.717, 1.165) is 127 Å². The number of anilines is 6. The van der Waals surface area contributed by atoms with Crippen LogP contribution in [0.5, 0.6) is 17.2 Å². The third-order valence-electron chi connectivity index (χ3n) is 20.1. The van der Waals surface area contributed by atoms with Gasteiger partial charge in [-0.05, 0) is 270 Å². The zero-order valence-corrected chi connectivity index (χ0v) is 61.6. The van der Waals surface area contributed by atoms with Crippen LogP contribution in [0.4, 0.5) is 39.3 Å². The number of ether oxygens (including phenoxy) is 3. The molecule has 3 aliphatic rings. The van der Waals surface area contributed by atoms with Crippen LogP contribution in [0.1, 0.15) is 44.1 Å². The number of fused-ring (bicyclic) bond motifs is 3. The van der Waals surface area contributed by atoms with Gasteiger partial charge in [-0.25, -0.2) is 17.9 Å². The first-order chi connectivity index (χ1) is 54.2. The van der Waals surface area contributed by atoms with Gasteiger partial charge in [0.05, 0.1) is 17.1 Å². The van der Waals surface area contributed by atoms with E-state index in [-0.39, 0.29) is 5.82 Å². The summed E-state index contributed by atoms with van der Waals surface area (Å²) in [6, 6.07) is 86.2. The fraction of sp³-hybridized carbons (Fsp3) is 0.211. The topological polar surface area (TPSA) is 177 Å². The van der Waals surface area contributed by atoms with Crippen molar-refractivity contribution in [3.63, 3.8) is 0 Å². The molecule has 20 heteroatoms. The minimum Gasteiger partial charge on any atom is -0.492 e. The average Bonchev–Trinajstić information content (AvgIpc) is 1.62. The van der Waals surface area contributed by atoms with Crippen LogP contribution in [-0.2, 0) is 0 Å².